The minimum atomic E-state index is -3.40. The molecule has 3 aliphatic rings. The summed E-state index contributed by atoms with van der Waals surface area (Å²) >= 11 is 0. The van der Waals surface area contributed by atoms with Gasteiger partial charge in [-0.15, -0.1) is 0 Å². The minimum Gasteiger partial charge on any atom is -0.480 e. The highest BCUT2D eigenvalue weighted by Crippen LogP contribution is 2.39. The molecule has 10 aromatic rings. The van der Waals surface area contributed by atoms with Crippen molar-refractivity contribution < 1.29 is 98.3 Å². The average molecular weight is 2070 g/mol. The Morgan fingerprint density at radius 3 is 0.779 bits per heavy atom. The molecule has 10 aromatic carbocycles. The number of aliphatic hydroxyl groups is 1. The molecule has 0 aromatic heterocycles. The summed E-state index contributed by atoms with van der Waals surface area (Å²) in [7, 11) is -25.3. The molecule has 6 N–H and O–H groups in total. The van der Waals surface area contributed by atoms with Gasteiger partial charge in [-0.1, -0.05) is 236 Å². The largest absolute Gasteiger partial charge is 0.480 e. The number of sulfone groups is 3. The maximum atomic E-state index is 14.1. The molecule has 3 saturated heterocycles. The van der Waals surface area contributed by atoms with E-state index in [0.717, 1.165) is 98.5 Å². The fraction of sp³-hybridized carbons (Fsp3) is 0.347. The van der Waals surface area contributed by atoms with Crippen molar-refractivity contribution in [2.45, 2.75) is 104 Å². The number of aliphatic hydroxyl groups excluding tert-OH is 1. The van der Waals surface area contributed by atoms with Gasteiger partial charge in [-0.3, -0.25) is 24.0 Å². The molecule has 0 bridgehead atoms. The Morgan fingerprint density at radius 1 is 0.329 bits per heavy atom. The second-order valence-electron chi connectivity index (χ2n) is 36.5. The van der Waals surface area contributed by atoms with Gasteiger partial charge in [0.05, 0.1) is 33.5 Å². The Morgan fingerprint density at radius 2 is 0.557 bits per heavy atom. The molecule has 140 heavy (non-hydrogen) atoms. The number of sulfonamides is 3. The van der Waals surface area contributed by atoms with E-state index in [1.807, 2.05) is 72.8 Å². The first-order valence-electron chi connectivity index (χ1n) is 45.5. The van der Waals surface area contributed by atoms with Crippen molar-refractivity contribution in [2.24, 2.45) is 0 Å². The lowest BCUT2D eigenvalue weighted by Gasteiger charge is -2.43. The zero-order valence-corrected chi connectivity index (χ0v) is 87.5. The molecule has 3 fully saturated rings. The van der Waals surface area contributed by atoms with Crippen molar-refractivity contribution in [1.82, 2.24) is 44.0 Å². The van der Waals surface area contributed by atoms with E-state index < -0.39 is 118 Å². The van der Waals surface area contributed by atoms with Crippen LogP contribution < -0.4 is 42.0 Å². The molecule has 0 unspecified atom stereocenters. The van der Waals surface area contributed by atoms with Crippen LogP contribution in [0.1, 0.15) is 91.9 Å². The Kier molecular flexibility index (Phi) is 38.1. The van der Waals surface area contributed by atoms with Crippen LogP contribution in [0.4, 0.5) is 0 Å². The molecule has 5 amide bonds. The number of hydrogen-bond acceptors (Lipinski definition) is 22. The Bertz CT molecular complexity index is 6550. The van der Waals surface area contributed by atoms with E-state index in [1.165, 1.54) is 48.3 Å². The third-order valence-corrected chi connectivity index (χ3v) is 41.8. The number of carbonyl (C=O) groups excluding carboxylic acids is 5. The number of hydrogen-bond donors (Lipinski definition) is 6. The van der Waals surface area contributed by atoms with Crippen LogP contribution in [-0.4, -0.2) is 290 Å². The first-order chi connectivity index (χ1) is 65.8. The van der Waals surface area contributed by atoms with Crippen LogP contribution in [0.2, 0.25) is 10.1 Å². The van der Waals surface area contributed by atoms with E-state index in [-0.39, 0.29) is 128 Å². The third kappa shape index (κ3) is 29.8. The van der Waals surface area contributed by atoms with Gasteiger partial charge in [0.1, 0.15) is 18.1 Å². The molecule has 0 aliphatic carbocycles. The van der Waals surface area contributed by atoms with Gasteiger partial charge in [-0.2, -0.15) is 12.9 Å². The molecule has 750 valence electrons. The topological polar surface area (TPSA) is 430 Å². The summed E-state index contributed by atoms with van der Waals surface area (Å²) in [6.45, 7) is 17.3. The second kappa shape index (κ2) is 48.1. The first kappa shape index (κ1) is 111. The van der Waals surface area contributed by atoms with Gasteiger partial charge in [-0.25, -0.2) is 55.3 Å². The minimum absolute atomic E-state index is 0.0294. The summed E-state index contributed by atoms with van der Waals surface area (Å²) in [5, 5.41) is 34.6. The average Bonchev–Trinajstić information content (AvgIpc) is 0.748. The molecule has 3 aliphatic heterocycles. The van der Waals surface area contributed by atoms with Crippen LogP contribution in [-0.2, 0) is 82.8 Å². The molecule has 3 heterocycles. The number of benzene rings is 10. The van der Waals surface area contributed by atoms with Crippen LogP contribution >= 0.6 is 0 Å². The van der Waals surface area contributed by atoms with E-state index in [0.29, 0.717) is 29.8 Å². The van der Waals surface area contributed by atoms with Crippen molar-refractivity contribution in [3.05, 3.63) is 284 Å². The zero-order valence-electron chi connectivity index (χ0n) is 80.6. The van der Waals surface area contributed by atoms with Gasteiger partial charge in [0.25, 0.3) is 34.4 Å². The smallest absolute Gasteiger partial charge is 0.326 e. The number of nitrogens with zero attached hydrogens (tertiary/aromatic N) is 5. The van der Waals surface area contributed by atoms with Gasteiger partial charge in [0.15, 0.2) is 29.5 Å². The van der Waals surface area contributed by atoms with Crippen molar-refractivity contribution in [3.63, 3.8) is 0 Å². The quantitative estimate of drug-likeness (QED) is 0.0217. The van der Waals surface area contributed by atoms with E-state index in [2.05, 4.69) is 111 Å². The molecule has 0 radical (unpaired) electrons. The highest BCUT2D eigenvalue weighted by Gasteiger charge is 2.52. The monoisotopic (exact) mass is 2060 g/mol. The number of carboxylic acid groups (broad SMARTS) is 1. The molecule has 39 heteroatoms. The fourth-order valence-corrected chi connectivity index (χ4v) is 30.4. The lowest BCUT2D eigenvalue weighted by molar-refractivity contribution is -0.139. The highest BCUT2D eigenvalue weighted by atomic mass is 32.2. The Balaban J connectivity index is 0.000000209. The SMILES string of the molecule is CC(C)(C)[Si](OCC[C@H](NC(=O)c1ccc(-c2ccc(S(C)(=O)=O)cc2)cc1)C(=O)N1CCN(S(C)(=O)=O)CC1)(c1ccccc1)c1ccccc1.CC(C)(C)[Si](OCC[C@H](NC(=O)c1ccc(-c2ccc(S(C)(=O)=O)cc2)cc1)C(=O)O)(c1ccccc1)c1ccccc1.CS(=O)(=O)N1CCNCC1.CS(=O)(=O)c1ccc(-c2ccc(C(=O)N[C@@H](CCO)C(=O)N3CCN(S(C)(=O)=O)CC3)cc2)cc1. The summed E-state index contributed by atoms with van der Waals surface area (Å²) in [4.78, 5) is 82.6. The predicted molar refractivity (Wildman–Crippen MR) is 550 cm³/mol. The molecule has 3 atom stereocenters. The van der Waals surface area contributed by atoms with Crippen LogP contribution in [0.15, 0.2) is 282 Å². The normalized spacial score (nSPS) is 15.2. The number of rotatable bonds is 32. The summed E-state index contributed by atoms with van der Waals surface area (Å²) in [6.07, 6.45) is 7.30. The van der Waals surface area contributed by atoms with Gasteiger partial charge in [0, 0.05) is 140 Å². The standard InChI is InChI=1S/C39H47N3O7S2Si.C34H37NO6SSi.C23H29N3O7S2.C5H12N2O2S/c1-39(2,3)52(34-12-8-6-9-13-34,35-14-10-7-11-15-35)49-29-24-36(38(44)41-25-27-42(28-26-41)51(5,47)48)40-37(43)32-18-16-30(17-19-32)31-20-22-33(23-21-31)50(4,45)46;1-34(2,3)43(29-11-7-5-8-12-29,30-13-9-6-10-14-30)41-24-23-31(33(37)38)35-32(36)27-17-15-25(16-18-27)26-19-21-28(22-20-26)42(4,39)40;1-34(30,31)20-9-7-18(8-10-20)17-3-5-19(6-4-17)22(28)24-21(11-16-27)23(29)25-12-14-26(15-13-25)35(2,32)33;1-10(8,9)7-4-2-6-3-5-7/h6-23,36H,24-29H2,1-5H3,(H,40,43);5-22,31H,23-24H2,1-4H3,(H,35,36)(H,37,38);3-10,21,27H,11-16H2,1-2H3,(H,24,28);6H,2-5H2,1H3/t36-;31-;21-;/m000./s1. The maximum absolute atomic E-state index is 14.1. The van der Waals surface area contributed by atoms with E-state index in [9.17, 15) is 89.5 Å². The van der Waals surface area contributed by atoms with Crippen molar-refractivity contribution in [2.75, 3.05) is 136 Å². The van der Waals surface area contributed by atoms with Gasteiger partial charge < -0.3 is 50.1 Å². The molecule has 0 saturated carbocycles. The number of carboxylic acids is 1. The lowest BCUT2D eigenvalue weighted by Crippen LogP contribution is -2.66. The summed E-state index contributed by atoms with van der Waals surface area (Å²) in [5.41, 5.74) is 5.74. The highest BCUT2D eigenvalue weighted by molar-refractivity contribution is 7.91. The third-order valence-electron chi connectivity index (χ3n) is 24.4. The summed E-state index contributed by atoms with van der Waals surface area (Å²) in [5.74, 6) is -3.22. The Labute approximate surface area is 825 Å². The second-order valence-corrected chi connectivity index (χ2v) is 57.1. The van der Waals surface area contributed by atoms with E-state index in [1.54, 1.807) is 126 Å². The molecule has 0 spiro atoms. The first-order valence-corrected chi connectivity index (χ1v) is 60.5. The van der Waals surface area contributed by atoms with Gasteiger partial charge in [0.2, 0.25) is 41.9 Å². The van der Waals surface area contributed by atoms with Crippen LogP contribution in [0.5, 0.6) is 0 Å². The molecular weight excluding hydrogens is 1940 g/mol. The van der Waals surface area contributed by atoms with Crippen molar-refractivity contribution in [1.29, 1.82) is 0 Å². The maximum Gasteiger partial charge on any atom is 0.326 e. The van der Waals surface area contributed by atoms with Crippen LogP contribution in [0.25, 0.3) is 33.4 Å². The number of piperazine rings is 3. The summed E-state index contributed by atoms with van der Waals surface area (Å²) in [6, 6.07) is 77.2. The fourth-order valence-electron chi connectivity index (χ4n) is 16.8. The number of amides is 5. The van der Waals surface area contributed by atoms with Crippen LogP contribution in [0, 0.1) is 0 Å². The Hall–Kier alpha value is -11.1. The molecular formula is C101H125N9O22S6Si2. The number of nitrogens with one attached hydrogen (secondary N) is 4. The number of aliphatic carboxylic acids is 1. The molecule has 31 nitrogen and oxygen atoms in total. The number of carbonyl (C=O) groups is 6. The van der Waals surface area contributed by atoms with Crippen molar-refractivity contribution >= 4 is 132 Å². The zero-order chi connectivity index (χ0) is 102. The summed E-state index contributed by atoms with van der Waals surface area (Å²) < 4.78 is 158. The van der Waals surface area contributed by atoms with E-state index >= 15 is 0 Å². The lowest BCUT2D eigenvalue weighted by atomic mass is 10.0. The van der Waals surface area contributed by atoms with Gasteiger partial charge in [-0.05, 0) is 150 Å². The van der Waals surface area contributed by atoms with E-state index in [4.69, 9.17) is 8.85 Å². The molecule has 13 rings (SSSR count). The predicted octanol–water partition coefficient (Wildman–Crippen LogP) is 8.03. The van der Waals surface area contributed by atoms with Crippen molar-refractivity contribution in [3.8, 4) is 33.4 Å². The van der Waals surface area contributed by atoms with Crippen LogP contribution in [0.3, 0.4) is 0 Å². The van der Waals surface area contributed by atoms with Gasteiger partial charge >= 0.3 is 5.97 Å².